The molecule has 0 radical (unpaired) electrons. The third kappa shape index (κ3) is 2.38. The molecule has 0 saturated carbocycles. The fourth-order valence-corrected chi connectivity index (χ4v) is 6.67. The molecule has 1 spiro atoms. The van der Waals surface area contributed by atoms with Crippen LogP contribution in [-0.2, 0) is 26.1 Å². The van der Waals surface area contributed by atoms with Crippen molar-refractivity contribution < 1.29 is 27.6 Å². The largest absolute Gasteiger partial charge is 0.418 e. The van der Waals surface area contributed by atoms with Gasteiger partial charge >= 0.3 is 6.18 Å². The Morgan fingerprint density at radius 3 is 2.50 bits per heavy atom. The van der Waals surface area contributed by atoms with Gasteiger partial charge in [-0.2, -0.15) is 13.2 Å². The standard InChI is InChI=1S/C25H22F3N3O3/c1-12-9-10-15-20(13(12)2)29-23(34)24(15)19-18(17-8-5-11-30(17)24)21(32)31(22(19)33)16-7-4-3-6-14(16)25(26,27)28/h3-4,6-7,9-10,17-19H,5,8,11H2,1-2H3,(H,29,34)/t17-,18+,19-,24-/m0/s1. The quantitative estimate of drug-likeness (QED) is 0.646. The number of nitrogens with zero attached hydrogens (tertiary/aromatic N) is 2. The van der Waals surface area contributed by atoms with Crippen molar-refractivity contribution in [2.45, 2.75) is 44.4 Å². The summed E-state index contributed by atoms with van der Waals surface area (Å²) in [7, 11) is 0. The Bertz CT molecular complexity index is 1290. The maximum absolute atomic E-state index is 13.9. The van der Waals surface area contributed by atoms with Crippen LogP contribution in [-0.4, -0.2) is 35.2 Å². The average Bonchev–Trinajstić information content (AvgIpc) is 3.49. The van der Waals surface area contributed by atoms with Gasteiger partial charge in [0, 0.05) is 17.3 Å². The molecule has 34 heavy (non-hydrogen) atoms. The summed E-state index contributed by atoms with van der Waals surface area (Å²) in [5.74, 6) is -3.76. The first-order valence-electron chi connectivity index (χ1n) is 11.3. The van der Waals surface area contributed by atoms with E-state index in [1.54, 1.807) is 0 Å². The van der Waals surface area contributed by atoms with Crippen LogP contribution in [0.15, 0.2) is 36.4 Å². The number of hydrogen-bond donors (Lipinski definition) is 1. The van der Waals surface area contributed by atoms with Crippen molar-refractivity contribution in [2.75, 3.05) is 16.8 Å². The molecule has 176 valence electrons. The van der Waals surface area contributed by atoms with Gasteiger partial charge in [-0.05, 0) is 56.5 Å². The lowest BCUT2D eigenvalue weighted by molar-refractivity contribution is -0.138. The zero-order chi connectivity index (χ0) is 24.2. The molecule has 2 aromatic carbocycles. The maximum atomic E-state index is 13.9. The predicted octanol–water partition coefficient (Wildman–Crippen LogP) is 3.75. The SMILES string of the molecule is Cc1ccc2c(c1C)NC(=O)[C@@]21[C@@H]2C(=O)N(c3ccccc3C(F)(F)F)C(=O)[C@@H]2[C@@H]2CCCN21. The van der Waals surface area contributed by atoms with E-state index in [1.165, 1.54) is 12.1 Å². The van der Waals surface area contributed by atoms with E-state index in [0.717, 1.165) is 29.7 Å². The molecule has 9 heteroatoms. The van der Waals surface area contributed by atoms with Crippen LogP contribution in [0.25, 0.3) is 0 Å². The Balaban J connectivity index is 1.57. The summed E-state index contributed by atoms with van der Waals surface area (Å²) < 4.78 is 41.3. The number of amides is 3. The van der Waals surface area contributed by atoms with Gasteiger partial charge in [-0.15, -0.1) is 0 Å². The minimum atomic E-state index is -4.74. The van der Waals surface area contributed by atoms with Gasteiger partial charge in [0.05, 0.1) is 23.1 Å². The van der Waals surface area contributed by atoms with Crippen molar-refractivity contribution in [3.8, 4) is 0 Å². The van der Waals surface area contributed by atoms with Gasteiger partial charge in [0.2, 0.25) is 17.7 Å². The van der Waals surface area contributed by atoms with Gasteiger partial charge < -0.3 is 5.32 Å². The second kappa shape index (κ2) is 6.69. The minimum absolute atomic E-state index is 0.386. The van der Waals surface area contributed by atoms with E-state index >= 15 is 0 Å². The van der Waals surface area contributed by atoms with E-state index in [4.69, 9.17) is 0 Å². The summed E-state index contributed by atoms with van der Waals surface area (Å²) in [6.07, 6.45) is -3.40. The van der Waals surface area contributed by atoms with E-state index in [1.807, 2.05) is 30.9 Å². The van der Waals surface area contributed by atoms with Gasteiger partial charge in [0.1, 0.15) is 5.54 Å². The highest BCUT2D eigenvalue weighted by Gasteiger charge is 2.75. The smallest absolute Gasteiger partial charge is 0.324 e. The molecular weight excluding hydrogens is 447 g/mol. The van der Waals surface area contributed by atoms with E-state index in [0.29, 0.717) is 29.1 Å². The van der Waals surface area contributed by atoms with E-state index in [2.05, 4.69) is 5.32 Å². The number of nitrogens with one attached hydrogen (secondary N) is 1. The Kier molecular flexibility index (Phi) is 4.20. The second-order valence-electron chi connectivity index (χ2n) is 9.58. The number of para-hydroxylation sites is 1. The minimum Gasteiger partial charge on any atom is -0.324 e. The number of alkyl halides is 3. The van der Waals surface area contributed by atoms with Crippen molar-refractivity contribution in [1.82, 2.24) is 4.90 Å². The van der Waals surface area contributed by atoms with Crippen molar-refractivity contribution >= 4 is 29.1 Å². The number of anilines is 2. The van der Waals surface area contributed by atoms with Crippen LogP contribution >= 0.6 is 0 Å². The van der Waals surface area contributed by atoms with E-state index in [-0.39, 0.29) is 11.9 Å². The Morgan fingerprint density at radius 2 is 1.76 bits per heavy atom. The molecule has 3 saturated heterocycles. The van der Waals surface area contributed by atoms with Crippen molar-refractivity contribution in [1.29, 1.82) is 0 Å². The number of halogens is 3. The molecule has 0 bridgehead atoms. The highest BCUT2D eigenvalue weighted by atomic mass is 19.4. The number of benzene rings is 2. The number of hydrogen-bond acceptors (Lipinski definition) is 4. The van der Waals surface area contributed by atoms with Crippen molar-refractivity contribution in [3.05, 3.63) is 58.7 Å². The predicted molar refractivity (Wildman–Crippen MR) is 117 cm³/mol. The number of fused-ring (bicyclic) bond motifs is 7. The second-order valence-corrected chi connectivity index (χ2v) is 9.58. The molecule has 0 aliphatic carbocycles. The van der Waals surface area contributed by atoms with Crippen molar-refractivity contribution in [3.63, 3.8) is 0 Å². The molecule has 6 rings (SSSR count). The number of aryl methyl sites for hydroxylation is 1. The fourth-order valence-electron chi connectivity index (χ4n) is 6.67. The third-order valence-electron chi connectivity index (χ3n) is 8.15. The lowest BCUT2D eigenvalue weighted by Crippen LogP contribution is -2.54. The Morgan fingerprint density at radius 1 is 1.03 bits per heavy atom. The lowest BCUT2D eigenvalue weighted by Gasteiger charge is -2.37. The summed E-state index contributed by atoms with van der Waals surface area (Å²) in [4.78, 5) is 43.9. The molecule has 4 aliphatic rings. The van der Waals surface area contributed by atoms with Gasteiger partial charge in [-0.1, -0.05) is 24.3 Å². The van der Waals surface area contributed by atoms with Crippen LogP contribution in [0.2, 0.25) is 0 Å². The van der Waals surface area contributed by atoms with Crippen LogP contribution < -0.4 is 10.2 Å². The third-order valence-corrected chi connectivity index (χ3v) is 8.15. The summed E-state index contributed by atoms with van der Waals surface area (Å²) >= 11 is 0. The first-order chi connectivity index (χ1) is 16.1. The van der Waals surface area contributed by atoms with Crippen LogP contribution in [0.4, 0.5) is 24.5 Å². The fraction of sp³-hybridized carbons (Fsp3) is 0.400. The number of carbonyl (C=O) groups excluding carboxylic acids is 3. The molecule has 4 aliphatic heterocycles. The molecule has 3 amide bonds. The summed E-state index contributed by atoms with van der Waals surface area (Å²) in [5.41, 5.74) is 0.178. The topological polar surface area (TPSA) is 69.7 Å². The van der Waals surface area contributed by atoms with E-state index < -0.39 is 46.6 Å². The van der Waals surface area contributed by atoms with Crippen molar-refractivity contribution in [2.24, 2.45) is 11.8 Å². The molecule has 3 fully saturated rings. The maximum Gasteiger partial charge on any atom is 0.418 e. The molecule has 2 aromatic rings. The molecule has 0 aromatic heterocycles. The molecule has 6 nitrogen and oxygen atoms in total. The lowest BCUT2D eigenvalue weighted by atomic mass is 9.75. The molecule has 4 atom stereocenters. The molecule has 0 unspecified atom stereocenters. The van der Waals surface area contributed by atoms with Crippen LogP contribution in [0.1, 0.15) is 35.1 Å². The summed E-state index contributed by atoms with van der Waals surface area (Å²) in [6, 6.07) is 7.93. The zero-order valence-corrected chi connectivity index (χ0v) is 18.6. The first kappa shape index (κ1) is 21.3. The normalized spacial score (nSPS) is 30.2. The van der Waals surface area contributed by atoms with Crippen LogP contribution in [0, 0.1) is 25.7 Å². The zero-order valence-electron chi connectivity index (χ0n) is 18.6. The van der Waals surface area contributed by atoms with Gasteiger partial charge in [0.15, 0.2) is 0 Å². The highest BCUT2D eigenvalue weighted by molar-refractivity contribution is 6.26. The van der Waals surface area contributed by atoms with Crippen LogP contribution in [0.3, 0.4) is 0 Å². The molecule has 4 heterocycles. The summed E-state index contributed by atoms with van der Waals surface area (Å²) in [5, 5.41) is 2.95. The average molecular weight is 469 g/mol. The van der Waals surface area contributed by atoms with Gasteiger partial charge in [-0.25, -0.2) is 4.90 Å². The number of carbonyl (C=O) groups is 3. The monoisotopic (exact) mass is 469 g/mol. The van der Waals surface area contributed by atoms with Crippen LogP contribution in [0.5, 0.6) is 0 Å². The number of rotatable bonds is 1. The Labute approximate surface area is 193 Å². The van der Waals surface area contributed by atoms with Gasteiger partial charge in [-0.3, -0.25) is 19.3 Å². The number of imide groups is 1. The summed E-state index contributed by atoms with van der Waals surface area (Å²) in [6.45, 7) is 4.34. The highest BCUT2D eigenvalue weighted by Crippen LogP contribution is 2.61. The van der Waals surface area contributed by atoms with E-state index in [9.17, 15) is 27.6 Å². The Hall–Kier alpha value is -3.20. The molecular formula is C25H22F3N3O3. The first-order valence-corrected chi connectivity index (χ1v) is 11.3. The molecule has 1 N–H and O–H groups in total. The van der Waals surface area contributed by atoms with Gasteiger partial charge in [0.25, 0.3) is 0 Å².